The van der Waals surface area contributed by atoms with Crippen molar-refractivity contribution >= 4 is 39.2 Å². The van der Waals surface area contributed by atoms with E-state index in [1.165, 1.54) is 0 Å². The number of para-hydroxylation sites is 2. The Morgan fingerprint density at radius 3 is 2.47 bits per heavy atom. The van der Waals surface area contributed by atoms with Crippen LogP contribution in [-0.2, 0) is 0 Å². The van der Waals surface area contributed by atoms with Crippen LogP contribution in [0.25, 0.3) is 16.7 Å². The quantitative estimate of drug-likeness (QED) is 0.659. The number of hydrogen-bond donors (Lipinski definition) is 1. The van der Waals surface area contributed by atoms with Crippen molar-refractivity contribution in [3.05, 3.63) is 57.8 Å². The molecule has 0 aliphatic carbocycles. The normalized spacial score (nSPS) is 10.9. The van der Waals surface area contributed by atoms with Gasteiger partial charge in [-0.05, 0) is 48.6 Å². The molecule has 0 saturated carbocycles. The largest absolute Gasteiger partial charge is 0.330 e. The van der Waals surface area contributed by atoms with E-state index in [1.54, 1.807) is 0 Å². The zero-order valence-electron chi connectivity index (χ0n) is 8.85. The van der Waals surface area contributed by atoms with E-state index in [2.05, 4.69) is 27.0 Å². The summed E-state index contributed by atoms with van der Waals surface area (Å²) in [7, 11) is 0. The van der Waals surface area contributed by atoms with Gasteiger partial charge in [-0.25, -0.2) is 0 Å². The minimum Gasteiger partial charge on any atom is -0.330 e. The third-order valence-corrected chi connectivity index (χ3v) is 3.49. The third-order valence-electron chi connectivity index (χ3n) is 2.67. The second kappa shape index (κ2) is 4.13. The standard InChI is InChI=1S/C13H9BrN2S/c14-9-5-7-10(8-6-9)16-12-4-2-1-3-11(12)15-13(16)17/h1-8H,(H,15,17). The first kappa shape index (κ1) is 10.7. The van der Waals surface area contributed by atoms with Crippen LogP contribution in [0.2, 0.25) is 0 Å². The molecule has 0 fully saturated rings. The molecule has 0 aliphatic heterocycles. The highest BCUT2D eigenvalue weighted by atomic mass is 79.9. The minimum atomic E-state index is 0.716. The molecule has 2 nitrogen and oxygen atoms in total. The lowest BCUT2D eigenvalue weighted by atomic mass is 10.3. The van der Waals surface area contributed by atoms with Gasteiger partial charge in [0.15, 0.2) is 4.77 Å². The van der Waals surface area contributed by atoms with E-state index in [0.717, 1.165) is 21.2 Å². The van der Waals surface area contributed by atoms with Crippen LogP contribution < -0.4 is 0 Å². The fourth-order valence-electron chi connectivity index (χ4n) is 1.90. The maximum absolute atomic E-state index is 5.36. The number of H-pyrrole nitrogens is 1. The van der Waals surface area contributed by atoms with E-state index >= 15 is 0 Å². The van der Waals surface area contributed by atoms with Crippen molar-refractivity contribution in [2.45, 2.75) is 0 Å². The number of aromatic amines is 1. The van der Waals surface area contributed by atoms with Gasteiger partial charge in [0.1, 0.15) is 0 Å². The van der Waals surface area contributed by atoms with Gasteiger partial charge in [0, 0.05) is 10.2 Å². The number of hydrogen-bond acceptors (Lipinski definition) is 1. The first-order chi connectivity index (χ1) is 8.25. The Morgan fingerprint density at radius 1 is 1.00 bits per heavy atom. The maximum Gasteiger partial charge on any atom is 0.182 e. The highest BCUT2D eigenvalue weighted by Gasteiger charge is 2.05. The Hall–Kier alpha value is -1.39. The molecule has 17 heavy (non-hydrogen) atoms. The second-order valence-electron chi connectivity index (χ2n) is 3.76. The topological polar surface area (TPSA) is 20.7 Å². The van der Waals surface area contributed by atoms with Crippen molar-refractivity contribution in [2.75, 3.05) is 0 Å². The van der Waals surface area contributed by atoms with Gasteiger partial charge in [-0.2, -0.15) is 0 Å². The van der Waals surface area contributed by atoms with Crippen molar-refractivity contribution in [2.24, 2.45) is 0 Å². The molecule has 0 bridgehead atoms. The van der Waals surface area contributed by atoms with Crippen LogP contribution in [0.15, 0.2) is 53.0 Å². The summed E-state index contributed by atoms with van der Waals surface area (Å²) < 4.78 is 3.82. The zero-order valence-corrected chi connectivity index (χ0v) is 11.3. The molecule has 0 amide bonds. The maximum atomic E-state index is 5.36. The van der Waals surface area contributed by atoms with E-state index in [0.29, 0.717) is 4.77 Å². The van der Waals surface area contributed by atoms with Crippen molar-refractivity contribution in [3.63, 3.8) is 0 Å². The molecule has 1 N–H and O–H groups in total. The van der Waals surface area contributed by atoms with Gasteiger partial charge in [0.25, 0.3) is 0 Å². The van der Waals surface area contributed by atoms with Crippen LogP contribution in [0.1, 0.15) is 0 Å². The number of nitrogens with zero attached hydrogens (tertiary/aromatic N) is 1. The summed E-state index contributed by atoms with van der Waals surface area (Å²) in [5.41, 5.74) is 3.22. The molecule has 0 unspecified atom stereocenters. The summed E-state index contributed by atoms with van der Waals surface area (Å²) in [4.78, 5) is 3.21. The van der Waals surface area contributed by atoms with Gasteiger partial charge in [-0.1, -0.05) is 28.1 Å². The Bertz CT molecular complexity index is 725. The first-order valence-electron chi connectivity index (χ1n) is 5.21. The van der Waals surface area contributed by atoms with Crippen molar-refractivity contribution in [3.8, 4) is 5.69 Å². The number of imidazole rings is 1. The third kappa shape index (κ3) is 1.83. The van der Waals surface area contributed by atoms with Gasteiger partial charge in [-0.3, -0.25) is 4.57 Å². The molecule has 1 heterocycles. The summed E-state index contributed by atoms with van der Waals surface area (Å²) in [5.74, 6) is 0. The van der Waals surface area contributed by atoms with E-state index in [9.17, 15) is 0 Å². The smallest absolute Gasteiger partial charge is 0.182 e. The Kier molecular flexibility index (Phi) is 2.61. The van der Waals surface area contributed by atoms with Gasteiger partial charge in [-0.15, -0.1) is 0 Å². The summed E-state index contributed by atoms with van der Waals surface area (Å²) in [5, 5.41) is 0. The molecule has 0 atom stereocenters. The number of nitrogens with one attached hydrogen (secondary N) is 1. The van der Waals surface area contributed by atoms with E-state index in [1.807, 2.05) is 47.0 Å². The molecule has 84 valence electrons. The minimum absolute atomic E-state index is 0.716. The van der Waals surface area contributed by atoms with E-state index in [-0.39, 0.29) is 0 Å². The molecular weight excluding hydrogens is 296 g/mol. The average Bonchev–Trinajstić information content (AvgIpc) is 2.66. The Balaban J connectivity index is 2.33. The molecule has 0 aliphatic rings. The second-order valence-corrected chi connectivity index (χ2v) is 5.06. The van der Waals surface area contributed by atoms with Crippen LogP contribution in [0.4, 0.5) is 0 Å². The lowest BCUT2D eigenvalue weighted by Crippen LogP contribution is -1.92. The molecule has 3 rings (SSSR count). The SMILES string of the molecule is S=c1[nH]c2ccccc2n1-c1ccc(Br)cc1. The summed E-state index contributed by atoms with van der Waals surface area (Å²) >= 11 is 8.80. The molecule has 4 heteroatoms. The van der Waals surface area contributed by atoms with Gasteiger partial charge < -0.3 is 4.98 Å². The number of benzene rings is 2. The first-order valence-corrected chi connectivity index (χ1v) is 6.41. The van der Waals surface area contributed by atoms with Crippen LogP contribution in [0.5, 0.6) is 0 Å². The molecule has 0 radical (unpaired) electrons. The summed E-state index contributed by atoms with van der Waals surface area (Å²) in [6.07, 6.45) is 0. The summed E-state index contributed by atoms with van der Waals surface area (Å²) in [6, 6.07) is 16.2. The zero-order chi connectivity index (χ0) is 11.8. The van der Waals surface area contributed by atoms with Gasteiger partial charge in [0.05, 0.1) is 11.0 Å². The number of halogens is 1. The van der Waals surface area contributed by atoms with Crippen LogP contribution in [0.3, 0.4) is 0 Å². The lowest BCUT2D eigenvalue weighted by Gasteiger charge is -2.04. The average molecular weight is 305 g/mol. The molecule has 1 aromatic heterocycles. The van der Waals surface area contributed by atoms with Crippen LogP contribution in [0, 0.1) is 4.77 Å². The van der Waals surface area contributed by atoms with Crippen LogP contribution in [-0.4, -0.2) is 9.55 Å². The molecule has 3 aromatic rings. The highest BCUT2D eigenvalue weighted by Crippen LogP contribution is 2.20. The molecular formula is C13H9BrN2S. The predicted octanol–water partition coefficient (Wildman–Crippen LogP) is 4.45. The fraction of sp³-hybridized carbons (Fsp3) is 0. The fourth-order valence-corrected chi connectivity index (χ4v) is 2.48. The Labute approximate surface area is 112 Å². The summed E-state index contributed by atoms with van der Waals surface area (Å²) in [6.45, 7) is 0. The van der Waals surface area contributed by atoms with Crippen LogP contribution >= 0.6 is 28.1 Å². The van der Waals surface area contributed by atoms with Gasteiger partial charge >= 0.3 is 0 Å². The molecule has 2 aromatic carbocycles. The van der Waals surface area contributed by atoms with Crippen molar-refractivity contribution in [1.29, 1.82) is 0 Å². The van der Waals surface area contributed by atoms with Gasteiger partial charge in [0.2, 0.25) is 0 Å². The highest BCUT2D eigenvalue weighted by molar-refractivity contribution is 9.10. The van der Waals surface area contributed by atoms with E-state index < -0.39 is 0 Å². The number of rotatable bonds is 1. The molecule has 0 saturated heterocycles. The number of aromatic nitrogens is 2. The monoisotopic (exact) mass is 304 g/mol. The predicted molar refractivity (Wildman–Crippen MR) is 76.2 cm³/mol. The lowest BCUT2D eigenvalue weighted by molar-refractivity contribution is 1.06. The van der Waals surface area contributed by atoms with Crippen molar-refractivity contribution < 1.29 is 0 Å². The number of fused-ring (bicyclic) bond motifs is 1. The molecule has 0 spiro atoms. The van der Waals surface area contributed by atoms with Crippen molar-refractivity contribution in [1.82, 2.24) is 9.55 Å². The Morgan fingerprint density at radius 2 is 1.71 bits per heavy atom. The van der Waals surface area contributed by atoms with E-state index in [4.69, 9.17) is 12.2 Å².